The van der Waals surface area contributed by atoms with Gasteiger partial charge in [-0.1, -0.05) is 11.8 Å². The maximum atomic E-state index is 12.0. The first-order valence-corrected chi connectivity index (χ1v) is 8.47. The molecule has 11 nitrogen and oxygen atoms in total. The van der Waals surface area contributed by atoms with Crippen LogP contribution in [0.3, 0.4) is 0 Å². The Morgan fingerprint density at radius 2 is 2.04 bits per heavy atom. The number of alkyl carbamates (subject to hydrolysis) is 1. The SMILES string of the molecule is CC(C)(C)OC(=O)NCC#Cc1cn(C2OC(CO)C(O)C2O)c(=O)[nH]c1=O. The lowest BCUT2D eigenvalue weighted by atomic mass is 10.1. The van der Waals surface area contributed by atoms with Crippen LogP contribution in [0.4, 0.5) is 4.79 Å². The molecule has 28 heavy (non-hydrogen) atoms. The minimum Gasteiger partial charge on any atom is -0.444 e. The first-order chi connectivity index (χ1) is 13.0. The summed E-state index contributed by atoms with van der Waals surface area (Å²) >= 11 is 0. The molecule has 4 atom stereocenters. The smallest absolute Gasteiger partial charge is 0.408 e. The number of aliphatic hydroxyl groups is 3. The summed E-state index contributed by atoms with van der Waals surface area (Å²) in [5.74, 6) is 5.05. The number of aromatic amines is 1. The summed E-state index contributed by atoms with van der Waals surface area (Å²) in [6.07, 6.45) is -4.88. The van der Waals surface area contributed by atoms with Gasteiger partial charge in [0.25, 0.3) is 5.56 Å². The molecular formula is C17H23N3O8. The van der Waals surface area contributed by atoms with Crippen molar-refractivity contribution < 1.29 is 29.6 Å². The number of rotatable bonds is 3. The Morgan fingerprint density at radius 3 is 2.61 bits per heavy atom. The number of H-pyrrole nitrogens is 1. The molecule has 11 heteroatoms. The molecule has 5 N–H and O–H groups in total. The third kappa shape index (κ3) is 5.20. The highest BCUT2D eigenvalue weighted by Crippen LogP contribution is 2.27. The van der Waals surface area contributed by atoms with Gasteiger partial charge in [0.2, 0.25) is 0 Å². The van der Waals surface area contributed by atoms with Crippen molar-refractivity contribution in [2.75, 3.05) is 13.2 Å². The van der Waals surface area contributed by atoms with Gasteiger partial charge in [-0.3, -0.25) is 14.3 Å². The van der Waals surface area contributed by atoms with Gasteiger partial charge in [-0.15, -0.1) is 0 Å². The molecule has 1 fully saturated rings. The van der Waals surface area contributed by atoms with Gasteiger partial charge >= 0.3 is 11.8 Å². The molecule has 2 heterocycles. The molecule has 2 rings (SSSR count). The Labute approximate surface area is 159 Å². The van der Waals surface area contributed by atoms with Crippen LogP contribution in [-0.4, -0.2) is 68.0 Å². The van der Waals surface area contributed by atoms with E-state index in [1.165, 1.54) is 0 Å². The molecule has 0 bridgehead atoms. The van der Waals surface area contributed by atoms with Crippen LogP contribution in [-0.2, 0) is 9.47 Å². The van der Waals surface area contributed by atoms with Crippen molar-refractivity contribution in [1.29, 1.82) is 0 Å². The minimum absolute atomic E-state index is 0.110. The van der Waals surface area contributed by atoms with E-state index in [1.54, 1.807) is 20.8 Å². The zero-order valence-corrected chi connectivity index (χ0v) is 15.6. The van der Waals surface area contributed by atoms with Crippen LogP contribution in [0.15, 0.2) is 15.8 Å². The van der Waals surface area contributed by atoms with E-state index >= 15 is 0 Å². The molecule has 154 valence electrons. The maximum Gasteiger partial charge on any atom is 0.408 e. The van der Waals surface area contributed by atoms with Gasteiger partial charge in [0.15, 0.2) is 6.23 Å². The van der Waals surface area contributed by atoms with Crippen molar-refractivity contribution in [1.82, 2.24) is 14.9 Å². The molecular weight excluding hydrogens is 374 g/mol. The zero-order valence-electron chi connectivity index (χ0n) is 15.6. The quantitative estimate of drug-likeness (QED) is 0.367. The lowest BCUT2D eigenvalue weighted by molar-refractivity contribution is -0.0550. The Balaban J connectivity index is 2.16. The molecule has 1 aliphatic rings. The van der Waals surface area contributed by atoms with Crippen LogP contribution in [0.2, 0.25) is 0 Å². The fourth-order valence-corrected chi connectivity index (χ4v) is 2.44. The molecule has 4 unspecified atom stereocenters. The molecule has 1 aromatic heterocycles. The predicted octanol–water partition coefficient (Wildman–Crippen LogP) is -1.98. The monoisotopic (exact) mass is 397 g/mol. The number of amides is 1. The lowest BCUT2D eigenvalue weighted by Crippen LogP contribution is -2.38. The minimum atomic E-state index is -1.49. The highest BCUT2D eigenvalue weighted by atomic mass is 16.6. The number of aromatic nitrogens is 2. The Hall–Kier alpha value is -2.65. The van der Waals surface area contributed by atoms with E-state index in [2.05, 4.69) is 17.2 Å². The van der Waals surface area contributed by atoms with E-state index in [1.807, 2.05) is 4.98 Å². The van der Waals surface area contributed by atoms with Crippen LogP contribution in [0, 0.1) is 11.8 Å². The van der Waals surface area contributed by atoms with Crippen LogP contribution >= 0.6 is 0 Å². The molecule has 1 aromatic rings. The van der Waals surface area contributed by atoms with Gasteiger partial charge in [-0.05, 0) is 20.8 Å². The second-order valence-corrected chi connectivity index (χ2v) is 7.10. The normalized spacial score (nSPS) is 24.4. The first kappa shape index (κ1) is 21.6. The lowest BCUT2D eigenvalue weighted by Gasteiger charge is -2.19. The molecule has 0 spiro atoms. The summed E-state index contributed by atoms with van der Waals surface area (Å²) in [6.45, 7) is 4.45. The number of nitrogens with zero attached hydrogens (tertiary/aromatic N) is 1. The van der Waals surface area contributed by atoms with Crippen molar-refractivity contribution in [2.45, 2.75) is 50.9 Å². The van der Waals surface area contributed by atoms with Gasteiger partial charge in [0, 0.05) is 6.20 Å². The summed E-state index contributed by atoms with van der Waals surface area (Å²) in [6, 6.07) is 0. The van der Waals surface area contributed by atoms with E-state index in [9.17, 15) is 24.6 Å². The Bertz CT molecular complexity index is 889. The number of carbonyl (C=O) groups is 1. The summed E-state index contributed by atoms with van der Waals surface area (Å²) in [5, 5.41) is 31.4. The number of hydrogen-bond donors (Lipinski definition) is 5. The molecule has 1 amide bonds. The molecule has 0 radical (unpaired) electrons. The molecule has 0 aliphatic carbocycles. The first-order valence-electron chi connectivity index (χ1n) is 8.47. The Kier molecular flexibility index (Phi) is 6.63. The summed E-state index contributed by atoms with van der Waals surface area (Å²) in [4.78, 5) is 37.5. The average Bonchev–Trinajstić information content (AvgIpc) is 2.86. The number of carbonyl (C=O) groups excluding carboxylic acids is 1. The molecule has 0 saturated carbocycles. The fraction of sp³-hybridized carbons (Fsp3) is 0.588. The van der Waals surface area contributed by atoms with Crippen molar-refractivity contribution >= 4 is 6.09 Å². The third-order valence-corrected chi connectivity index (χ3v) is 3.70. The van der Waals surface area contributed by atoms with E-state index in [0.29, 0.717) is 0 Å². The highest BCUT2D eigenvalue weighted by molar-refractivity contribution is 5.68. The third-order valence-electron chi connectivity index (χ3n) is 3.70. The van der Waals surface area contributed by atoms with E-state index in [0.717, 1.165) is 10.8 Å². The van der Waals surface area contributed by atoms with Crippen LogP contribution < -0.4 is 16.6 Å². The predicted molar refractivity (Wildman–Crippen MR) is 95.4 cm³/mol. The highest BCUT2D eigenvalue weighted by Gasteiger charge is 2.43. The van der Waals surface area contributed by atoms with Crippen LogP contribution in [0.5, 0.6) is 0 Å². The summed E-state index contributed by atoms with van der Waals surface area (Å²) in [7, 11) is 0. The van der Waals surface area contributed by atoms with Crippen LogP contribution in [0.25, 0.3) is 0 Å². The van der Waals surface area contributed by atoms with Crippen LogP contribution in [0.1, 0.15) is 32.6 Å². The second kappa shape index (κ2) is 8.57. The summed E-state index contributed by atoms with van der Waals surface area (Å²) < 4.78 is 11.2. The average molecular weight is 397 g/mol. The largest absolute Gasteiger partial charge is 0.444 e. The van der Waals surface area contributed by atoms with E-state index in [-0.39, 0.29) is 12.1 Å². The summed E-state index contributed by atoms with van der Waals surface area (Å²) in [5.41, 5.74) is -2.43. The molecule has 0 aromatic carbocycles. The van der Waals surface area contributed by atoms with Crippen molar-refractivity contribution in [3.05, 3.63) is 32.6 Å². The van der Waals surface area contributed by atoms with Crippen molar-refractivity contribution in [3.63, 3.8) is 0 Å². The van der Waals surface area contributed by atoms with Gasteiger partial charge in [-0.25, -0.2) is 9.59 Å². The topological polar surface area (TPSA) is 163 Å². The van der Waals surface area contributed by atoms with Crippen molar-refractivity contribution in [3.8, 4) is 11.8 Å². The molecule has 1 aliphatic heterocycles. The van der Waals surface area contributed by atoms with E-state index in [4.69, 9.17) is 14.6 Å². The number of ether oxygens (including phenoxy) is 2. The number of hydrogen-bond acceptors (Lipinski definition) is 8. The van der Waals surface area contributed by atoms with Crippen molar-refractivity contribution in [2.24, 2.45) is 0 Å². The van der Waals surface area contributed by atoms with E-state index < -0.39 is 54.1 Å². The van der Waals surface area contributed by atoms with Gasteiger partial charge in [0.1, 0.15) is 29.5 Å². The van der Waals surface area contributed by atoms with Gasteiger partial charge in [0.05, 0.1) is 13.2 Å². The second-order valence-electron chi connectivity index (χ2n) is 7.10. The number of aliphatic hydroxyl groups excluding tert-OH is 3. The van der Waals surface area contributed by atoms with Gasteiger partial charge < -0.3 is 30.1 Å². The molecule has 1 saturated heterocycles. The fourth-order valence-electron chi connectivity index (χ4n) is 2.44. The zero-order chi connectivity index (χ0) is 21.1. The standard InChI is InChI=1S/C17H23N3O8/c1-17(2,3)28-16(26)18-6-4-5-9-7-20(15(25)19-13(9)24)14-12(23)11(22)10(8-21)27-14/h7,10-12,14,21-23H,6,8H2,1-3H3,(H,18,26)(H,19,24,25). The number of nitrogens with one attached hydrogen (secondary N) is 2. The Morgan fingerprint density at radius 1 is 1.36 bits per heavy atom. The van der Waals surface area contributed by atoms with Gasteiger partial charge in [-0.2, -0.15) is 0 Å². The maximum absolute atomic E-state index is 12.0.